The van der Waals surface area contributed by atoms with E-state index in [9.17, 15) is 4.79 Å². The van der Waals surface area contributed by atoms with Crippen LogP contribution in [0.4, 0.5) is 5.69 Å². The molecule has 6 nitrogen and oxygen atoms in total. The number of morpholine rings is 1. The van der Waals surface area contributed by atoms with E-state index in [1.165, 1.54) is 0 Å². The van der Waals surface area contributed by atoms with Crippen LogP contribution in [0.3, 0.4) is 0 Å². The normalized spacial score (nSPS) is 16.3. The lowest BCUT2D eigenvalue weighted by Crippen LogP contribution is -2.48. The highest BCUT2D eigenvalue weighted by atomic mass is 16.5. The number of benzene rings is 1. The fraction of sp³-hybridized carbons (Fsp3) is 0.417. The van der Waals surface area contributed by atoms with E-state index in [4.69, 9.17) is 15.2 Å². The van der Waals surface area contributed by atoms with Crippen molar-refractivity contribution in [1.82, 2.24) is 10.4 Å². The van der Waals surface area contributed by atoms with Crippen molar-refractivity contribution in [2.24, 2.45) is 0 Å². The molecule has 1 aliphatic rings. The Morgan fingerprint density at radius 3 is 2.78 bits per heavy atom. The zero-order valence-electron chi connectivity index (χ0n) is 10.3. The molecule has 18 heavy (non-hydrogen) atoms. The van der Waals surface area contributed by atoms with E-state index in [0.29, 0.717) is 43.3 Å². The van der Waals surface area contributed by atoms with Crippen LogP contribution in [0.1, 0.15) is 10.4 Å². The van der Waals surface area contributed by atoms with Crippen molar-refractivity contribution < 1.29 is 14.3 Å². The maximum Gasteiger partial charge on any atom is 0.265 e. The molecule has 0 spiro atoms. The molecule has 98 valence electrons. The van der Waals surface area contributed by atoms with Crippen molar-refractivity contribution >= 4 is 11.6 Å². The molecule has 2 rings (SSSR count). The van der Waals surface area contributed by atoms with Gasteiger partial charge in [0.25, 0.3) is 5.91 Å². The third-order valence-corrected chi connectivity index (χ3v) is 2.76. The van der Waals surface area contributed by atoms with Gasteiger partial charge in [0, 0.05) is 18.7 Å². The highest BCUT2D eigenvalue weighted by molar-refractivity contribution is 5.95. The van der Waals surface area contributed by atoms with Crippen molar-refractivity contribution in [2.75, 3.05) is 39.1 Å². The fourth-order valence-corrected chi connectivity index (χ4v) is 1.76. The Morgan fingerprint density at radius 1 is 1.44 bits per heavy atom. The minimum absolute atomic E-state index is 0.175. The first-order chi connectivity index (χ1) is 8.70. The monoisotopic (exact) mass is 251 g/mol. The molecule has 0 unspecified atom stereocenters. The van der Waals surface area contributed by atoms with Crippen LogP contribution in [0.5, 0.6) is 5.75 Å². The summed E-state index contributed by atoms with van der Waals surface area (Å²) in [5.74, 6) is 0.393. The first-order valence-corrected chi connectivity index (χ1v) is 5.78. The van der Waals surface area contributed by atoms with Gasteiger partial charge in [0.05, 0.1) is 26.0 Å². The molecular formula is C12H17N3O3. The van der Waals surface area contributed by atoms with Crippen LogP contribution < -0.4 is 15.9 Å². The molecule has 1 amide bonds. The number of nitrogen functional groups attached to an aromatic ring is 1. The van der Waals surface area contributed by atoms with Crippen LogP contribution in [0, 0.1) is 0 Å². The number of nitrogens with zero attached hydrogens (tertiary/aromatic N) is 1. The SMILES string of the molecule is COc1ccc(C(=O)NN2CCOCC2)cc1N. The Labute approximate surface area is 106 Å². The minimum Gasteiger partial charge on any atom is -0.495 e. The number of hydrazine groups is 1. The van der Waals surface area contributed by atoms with Gasteiger partial charge in [0.2, 0.25) is 0 Å². The summed E-state index contributed by atoms with van der Waals surface area (Å²) in [6.45, 7) is 2.64. The Morgan fingerprint density at radius 2 is 2.17 bits per heavy atom. The largest absolute Gasteiger partial charge is 0.495 e. The number of anilines is 1. The van der Waals surface area contributed by atoms with Crippen LogP contribution in [0.25, 0.3) is 0 Å². The predicted octanol–water partition coefficient (Wildman–Crippen LogP) is 0.254. The Bertz CT molecular complexity index is 431. The number of hydrogen-bond acceptors (Lipinski definition) is 5. The molecule has 0 atom stereocenters. The van der Waals surface area contributed by atoms with Gasteiger partial charge in [-0.25, -0.2) is 5.01 Å². The molecule has 1 aromatic rings. The lowest BCUT2D eigenvalue weighted by Gasteiger charge is -2.26. The van der Waals surface area contributed by atoms with Gasteiger partial charge < -0.3 is 15.2 Å². The van der Waals surface area contributed by atoms with Crippen LogP contribution in [-0.4, -0.2) is 44.3 Å². The number of amides is 1. The Kier molecular flexibility index (Phi) is 4.01. The molecule has 1 fully saturated rings. The molecule has 1 heterocycles. The van der Waals surface area contributed by atoms with Crippen molar-refractivity contribution in [3.63, 3.8) is 0 Å². The third kappa shape index (κ3) is 2.91. The number of nitrogens with one attached hydrogen (secondary N) is 1. The van der Waals surface area contributed by atoms with E-state index < -0.39 is 0 Å². The summed E-state index contributed by atoms with van der Waals surface area (Å²) in [4.78, 5) is 12.0. The third-order valence-electron chi connectivity index (χ3n) is 2.76. The van der Waals surface area contributed by atoms with Gasteiger partial charge in [-0.1, -0.05) is 0 Å². The van der Waals surface area contributed by atoms with E-state index in [0.717, 1.165) is 0 Å². The Balaban J connectivity index is 2.01. The minimum atomic E-state index is -0.175. The van der Waals surface area contributed by atoms with Gasteiger partial charge in [-0.2, -0.15) is 0 Å². The number of hydrogen-bond donors (Lipinski definition) is 2. The maximum absolute atomic E-state index is 12.0. The van der Waals surface area contributed by atoms with Crippen molar-refractivity contribution in [3.8, 4) is 5.75 Å². The zero-order chi connectivity index (χ0) is 13.0. The molecule has 0 radical (unpaired) electrons. The molecule has 0 saturated carbocycles. The summed E-state index contributed by atoms with van der Waals surface area (Å²) in [5.41, 5.74) is 9.55. The van der Waals surface area contributed by atoms with Crippen molar-refractivity contribution in [1.29, 1.82) is 0 Å². The standard InChI is InChI=1S/C12H17N3O3/c1-17-11-3-2-9(8-10(11)13)12(16)14-15-4-6-18-7-5-15/h2-3,8H,4-7,13H2,1H3,(H,14,16). The number of carbonyl (C=O) groups is 1. The van der Waals surface area contributed by atoms with Gasteiger partial charge in [-0.15, -0.1) is 0 Å². The number of nitrogens with two attached hydrogens (primary N) is 1. The molecule has 1 aromatic carbocycles. The second-order valence-corrected chi connectivity index (χ2v) is 4.00. The van der Waals surface area contributed by atoms with E-state index in [-0.39, 0.29) is 5.91 Å². The lowest BCUT2D eigenvalue weighted by atomic mass is 10.2. The van der Waals surface area contributed by atoms with Crippen LogP contribution in [0.15, 0.2) is 18.2 Å². The maximum atomic E-state index is 12.0. The average molecular weight is 251 g/mol. The summed E-state index contributed by atoms with van der Waals surface area (Å²) in [6.07, 6.45) is 0. The number of rotatable bonds is 3. The molecule has 1 aliphatic heterocycles. The van der Waals surface area contributed by atoms with Crippen LogP contribution >= 0.6 is 0 Å². The van der Waals surface area contributed by atoms with E-state index in [1.807, 2.05) is 5.01 Å². The van der Waals surface area contributed by atoms with Gasteiger partial charge >= 0.3 is 0 Å². The second kappa shape index (κ2) is 5.70. The van der Waals surface area contributed by atoms with Gasteiger partial charge in [-0.05, 0) is 18.2 Å². The highest BCUT2D eigenvalue weighted by Gasteiger charge is 2.15. The molecule has 0 aliphatic carbocycles. The summed E-state index contributed by atoms with van der Waals surface area (Å²) in [6, 6.07) is 4.98. The fourth-order valence-electron chi connectivity index (χ4n) is 1.76. The van der Waals surface area contributed by atoms with Crippen LogP contribution in [-0.2, 0) is 4.74 Å². The van der Waals surface area contributed by atoms with Gasteiger partial charge in [0.1, 0.15) is 5.75 Å². The Hall–Kier alpha value is -1.79. The number of ether oxygens (including phenoxy) is 2. The first kappa shape index (κ1) is 12.7. The summed E-state index contributed by atoms with van der Waals surface area (Å²) in [7, 11) is 1.54. The van der Waals surface area contributed by atoms with Gasteiger partial charge in [0.15, 0.2) is 0 Å². The quantitative estimate of drug-likeness (QED) is 0.753. The average Bonchev–Trinajstić information content (AvgIpc) is 2.39. The van der Waals surface area contributed by atoms with E-state index in [1.54, 1.807) is 25.3 Å². The zero-order valence-corrected chi connectivity index (χ0v) is 10.3. The summed E-state index contributed by atoms with van der Waals surface area (Å²) < 4.78 is 10.3. The van der Waals surface area contributed by atoms with Crippen LogP contribution in [0.2, 0.25) is 0 Å². The van der Waals surface area contributed by atoms with E-state index in [2.05, 4.69) is 5.43 Å². The van der Waals surface area contributed by atoms with Crippen molar-refractivity contribution in [3.05, 3.63) is 23.8 Å². The summed E-state index contributed by atoms with van der Waals surface area (Å²) >= 11 is 0. The van der Waals surface area contributed by atoms with Crippen molar-refractivity contribution in [2.45, 2.75) is 0 Å². The lowest BCUT2D eigenvalue weighted by molar-refractivity contribution is 0.0126. The molecular weight excluding hydrogens is 234 g/mol. The topological polar surface area (TPSA) is 76.8 Å². The second-order valence-electron chi connectivity index (χ2n) is 4.00. The number of methoxy groups -OCH3 is 1. The van der Waals surface area contributed by atoms with E-state index >= 15 is 0 Å². The first-order valence-electron chi connectivity index (χ1n) is 5.78. The highest BCUT2D eigenvalue weighted by Crippen LogP contribution is 2.21. The molecule has 0 bridgehead atoms. The predicted molar refractivity (Wildman–Crippen MR) is 67.3 cm³/mol. The van der Waals surface area contributed by atoms with Gasteiger partial charge in [-0.3, -0.25) is 10.2 Å². The summed E-state index contributed by atoms with van der Waals surface area (Å²) in [5, 5.41) is 1.84. The molecule has 6 heteroatoms. The molecule has 1 saturated heterocycles. The molecule has 3 N–H and O–H groups in total. The molecule has 0 aromatic heterocycles. The number of carbonyl (C=O) groups excluding carboxylic acids is 1. The smallest absolute Gasteiger partial charge is 0.265 e.